The Bertz CT molecular complexity index is 1940. The lowest BCUT2D eigenvalue weighted by Gasteiger charge is -2.72. The van der Waals surface area contributed by atoms with Gasteiger partial charge in [0.15, 0.2) is 5.78 Å². The Morgan fingerprint density at radius 1 is 0.982 bits per heavy atom. The van der Waals surface area contributed by atoms with Crippen LogP contribution in [0.25, 0.3) is 0 Å². The molecule has 4 fully saturated rings. The fourth-order valence-electron chi connectivity index (χ4n) is 13.6. The van der Waals surface area contributed by atoms with Gasteiger partial charge in [0.2, 0.25) is 11.8 Å². The van der Waals surface area contributed by atoms with Crippen LogP contribution >= 0.6 is 11.6 Å². The van der Waals surface area contributed by atoms with Gasteiger partial charge in [-0.3, -0.25) is 14.4 Å². The molecule has 5 aliphatic carbocycles. The van der Waals surface area contributed by atoms with Gasteiger partial charge in [0, 0.05) is 28.7 Å². The number of halogens is 1. The number of carbonyl (C=O) groups is 3. The number of rotatable bonds is 10. The lowest BCUT2D eigenvalue weighted by Crippen LogP contribution is -2.65. The molecule has 0 amide bonds. The number of esters is 1. The lowest BCUT2D eigenvalue weighted by atomic mass is 9.33. The number of hydrogen-bond donors (Lipinski definition) is 1. The molecular weight excluding hydrogens is 724 g/mol. The number of nitrogens with zero attached hydrogens (tertiary/aromatic N) is 2. The van der Waals surface area contributed by atoms with Crippen molar-refractivity contribution in [2.75, 3.05) is 0 Å². The fourth-order valence-corrected chi connectivity index (χ4v) is 13.7. The van der Waals surface area contributed by atoms with Gasteiger partial charge in [-0.2, -0.15) is 0 Å². The van der Waals surface area contributed by atoms with Crippen LogP contribution in [0.2, 0.25) is 5.02 Å². The Labute approximate surface area is 338 Å². The molecule has 9 atom stereocenters. The third kappa shape index (κ3) is 6.25. The van der Waals surface area contributed by atoms with Crippen molar-refractivity contribution in [2.24, 2.45) is 56.2 Å². The Morgan fingerprint density at radius 3 is 2.32 bits per heavy atom. The summed E-state index contributed by atoms with van der Waals surface area (Å²) in [5.74, 6) is 0.992. The van der Waals surface area contributed by atoms with Crippen LogP contribution in [0, 0.1) is 56.2 Å². The number of Topliss-reactive ketones (excluding diaryl/α,β-unsaturated/α-hetero) is 1. The Hall–Kier alpha value is -3.26. The van der Waals surface area contributed by atoms with Crippen molar-refractivity contribution in [3.63, 3.8) is 0 Å². The van der Waals surface area contributed by atoms with E-state index in [0.717, 1.165) is 62.5 Å². The molecule has 5 aliphatic rings. The maximum absolute atomic E-state index is 14.2. The van der Waals surface area contributed by atoms with Crippen LogP contribution in [0.4, 0.5) is 0 Å². The van der Waals surface area contributed by atoms with E-state index in [1.54, 1.807) is 13.8 Å². The largest absolute Gasteiger partial charge is 0.481 e. The van der Waals surface area contributed by atoms with Crippen LogP contribution in [0.1, 0.15) is 150 Å². The molecule has 4 saturated carbocycles. The van der Waals surface area contributed by atoms with Crippen LogP contribution in [0.15, 0.2) is 52.5 Å². The summed E-state index contributed by atoms with van der Waals surface area (Å²) in [6.45, 7) is 23.8. The van der Waals surface area contributed by atoms with Gasteiger partial charge in [0.25, 0.3) is 0 Å². The summed E-state index contributed by atoms with van der Waals surface area (Å²) in [6, 6.07) is 7.64. The minimum Gasteiger partial charge on any atom is -0.481 e. The SMILES string of the molecule is C=C[C@@H](c1ccc(Cl)cc1)c1nnc(C[C@@]23CC[C@]4(C)[C@H](CC[C@@H]5[C@@]6(C)CC[C@H](OC(=O)CC(C)(C)C(=O)O)C(C)(C)[C@@H]6CC[C@]54C)C2=C(C(C)C)C(=O)C3)o1. The summed E-state index contributed by atoms with van der Waals surface area (Å²) in [6.07, 6.45) is 10.5. The molecule has 7 rings (SSSR count). The number of fused-ring (bicyclic) bond motifs is 7. The minimum absolute atomic E-state index is 0.00584. The van der Waals surface area contributed by atoms with Crippen molar-refractivity contribution in [1.82, 2.24) is 10.2 Å². The number of carboxylic acids is 1. The average molecular weight is 787 g/mol. The van der Waals surface area contributed by atoms with E-state index in [4.69, 9.17) is 20.8 Å². The Balaban J connectivity index is 1.17. The molecule has 1 aromatic heterocycles. The van der Waals surface area contributed by atoms with Crippen molar-refractivity contribution >= 4 is 29.3 Å². The van der Waals surface area contributed by atoms with E-state index >= 15 is 0 Å². The van der Waals surface area contributed by atoms with Crippen LogP contribution in [-0.2, 0) is 25.5 Å². The highest BCUT2D eigenvalue weighted by atomic mass is 35.5. The van der Waals surface area contributed by atoms with Crippen molar-refractivity contribution in [3.8, 4) is 0 Å². The van der Waals surface area contributed by atoms with Gasteiger partial charge >= 0.3 is 11.9 Å². The number of ketones is 1. The second-order valence-electron chi connectivity index (χ2n) is 20.7. The molecule has 1 aromatic carbocycles. The first-order chi connectivity index (χ1) is 26.1. The van der Waals surface area contributed by atoms with Crippen molar-refractivity contribution in [3.05, 3.63) is 70.4 Å². The maximum Gasteiger partial charge on any atom is 0.309 e. The predicted octanol–water partition coefficient (Wildman–Crippen LogP) is 11.0. The molecule has 304 valence electrons. The predicted molar refractivity (Wildman–Crippen MR) is 217 cm³/mol. The van der Waals surface area contributed by atoms with Crippen molar-refractivity contribution in [1.29, 1.82) is 0 Å². The first kappa shape index (κ1) is 40.9. The van der Waals surface area contributed by atoms with Crippen molar-refractivity contribution < 1.29 is 28.6 Å². The molecular formula is C47H63ClN2O6. The van der Waals surface area contributed by atoms with Crippen LogP contribution in [0.5, 0.6) is 0 Å². The second kappa shape index (κ2) is 13.9. The number of carbonyl (C=O) groups excluding carboxylic acids is 2. The van der Waals surface area contributed by atoms with E-state index < -0.39 is 17.4 Å². The van der Waals surface area contributed by atoms with E-state index in [0.29, 0.717) is 47.4 Å². The highest BCUT2D eigenvalue weighted by Crippen LogP contribution is 2.77. The van der Waals surface area contributed by atoms with Gasteiger partial charge in [-0.15, -0.1) is 16.8 Å². The molecule has 0 aliphatic heterocycles. The number of allylic oxidation sites excluding steroid dienone is 3. The van der Waals surface area contributed by atoms with E-state index in [1.165, 1.54) is 5.57 Å². The summed E-state index contributed by atoms with van der Waals surface area (Å²) < 4.78 is 12.7. The highest BCUT2D eigenvalue weighted by Gasteiger charge is 2.70. The smallest absolute Gasteiger partial charge is 0.309 e. The van der Waals surface area contributed by atoms with Gasteiger partial charge in [0.05, 0.1) is 17.8 Å². The van der Waals surface area contributed by atoms with Gasteiger partial charge in [-0.05, 0) is 128 Å². The molecule has 56 heavy (non-hydrogen) atoms. The standard InChI is InChI=1S/C47H63ClN2O6/c1-11-30(28-12-14-29(48)15-13-28)40-50-49-36(56-40)25-47-23-22-45(9)31(39(47)38(27(2)3)32(51)24-47)16-17-34-44(8)20-19-35(55-37(52)26-42(4,5)41(53)54)43(6,7)33(44)18-21-46(34,45)10/h11-15,27,30-31,33-35H,1,16-26H2,2-10H3,(H,53,54)/t30-,31+,33-,34+,35-,44-,45+,46+,47-/m0/s1. The van der Waals surface area contributed by atoms with Gasteiger partial charge in [-0.25, -0.2) is 0 Å². The first-order valence-electron chi connectivity index (χ1n) is 21.0. The van der Waals surface area contributed by atoms with Crippen LogP contribution in [-0.4, -0.2) is 39.1 Å². The van der Waals surface area contributed by atoms with E-state index in [-0.39, 0.29) is 57.2 Å². The number of aliphatic carboxylic acids is 1. The zero-order valence-electron chi connectivity index (χ0n) is 35.1. The summed E-state index contributed by atoms with van der Waals surface area (Å²) in [4.78, 5) is 39.1. The monoisotopic (exact) mass is 786 g/mol. The van der Waals surface area contributed by atoms with Crippen LogP contribution < -0.4 is 0 Å². The van der Waals surface area contributed by atoms with Gasteiger partial charge in [-0.1, -0.05) is 83.8 Å². The van der Waals surface area contributed by atoms with E-state index in [1.807, 2.05) is 30.3 Å². The molecule has 0 spiro atoms. The molecule has 8 nitrogen and oxygen atoms in total. The number of benzene rings is 1. The lowest BCUT2D eigenvalue weighted by molar-refractivity contribution is -0.233. The molecule has 0 bridgehead atoms. The number of carboxylic acid groups (broad SMARTS) is 1. The third-order valence-corrected chi connectivity index (χ3v) is 16.9. The molecule has 1 heterocycles. The summed E-state index contributed by atoms with van der Waals surface area (Å²) in [7, 11) is 0. The molecule has 0 unspecified atom stereocenters. The first-order valence-corrected chi connectivity index (χ1v) is 21.4. The summed E-state index contributed by atoms with van der Waals surface area (Å²) >= 11 is 6.17. The molecule has 0 radical (unpaired) electrons. The third-order valence-electron chi connectivity index (χ3n) is 16.7. The highest BCUT2D eigenvalue weighted by molar-refractivity contribution is 6.30. The minimum atomic E-state index is -1.17. The Kier molecular flexibility index (Phi) is 10.2. The van der Waals surface area contributed by atoms with Gasteiger partial charge in [0.1, 0.15) is 6.10 Å². The molecule has 0 saturated heterocycles. The number of aromatic nitrogens is 2. The summed E-state index contributed by atoms with van der Waals surface area (Å²) in [5.41, 5.74) is 1.79. The maximum atomic E-state index is 14.2. The molecule has 9 heteroatoms. The second-order valence-corrected chi connectivity index (χ2v) is 21.1. The Morgan fingerprint density at radius 2 is 1.68 bits per heavy atom. The fraction of sp³-hybridized carbons (Fsp3) is 0.681. The molecule has 1 N–H and O–H groups in total. The topological polar surface area (TPSA) is 120 Å². The summed E-state index contributed by atoms with van der Waals surface area (Å²) in [5, 5.41) is 19.4. The van der Waals surface area contributed by atoms with Crippen LogP contribution in [0.3, 0.4) is 0 Å². The zero-order valence-corrected chi connectivity index (χ0v) is 35.9. The number of hydrogen-bond acceptors (Lipinski definition) is 7. The van der Waals surface area contributed by atoms with Crippen molar-refractivity contribution in [2.45, 2.75) is 145 Å². The van der Waals surface area contributed by atoms with E-state index in [9.17, 15) is 19.5 Å². The molecule has 2 aromatic rings. The quantitative estimate of drug-likeness (QED) is 0.187. The zero-order chi connectivity index (χ0) is 40.8. The van der Waals surface area contributed by atoms with E-state index in [2.05, 4.69) is 65.2 Å². The normalized spacial score (nSPS) is 35.6. The van der Waals surface area contributed by atoms with Gasteiger partial charge < -0.3 is 14.3 Å². The average Bonchev–Trinajstić information content (AvgIpc) is 3.68. The number of ether oxygens (including phenoxy) is 1.